The molecule has 134 valence electrons. The highest BCUT2D eigenvalue weighted by Crippen LogP contribution is 2.46. The number of Topliss-reactive ketones (excluding diaryl/α,β-unsaturated/α-hetero) is 1. The van der Waals surface area contributed by atoms with Gasteiger partial charge in [-0.05, 0) is 42.9 Å². The van der Waals surface area contributed by atoms with Gasteiger partial charge >= 0.3 is 0 Å². The Balaban J connectivity index is 2.22. The van der Waals surface area contributed by atoms with Crippen molar-refractivity contribution in [1.82, 2.24) is 0 Å². The minimum atomic E-state index is -0.862. The summed E-state index contributed by atoms with van der Waals surface area (Å²) < 4.78 is 0. The molecule has 0 heterocycles. The predicted octanol–water partition coefficient (Wildman–Crippen LogP) is 5.38. The zero-order chi connectivity index (χ0) is 18.4. The lowest BCUT2D eigenvalue weighted by atomic mass is 9.59. The van der Waals surface area contributed by atoms with Crippen LogP contribution in [0.4, 0.5) is 0 Å². The number of hydrogen-bond acceptors (Lipinski definition) is 2. The molecule has 2 aromatic carbocycles. The van der Waals surface area contributed by atoms with Gasteiger partial charge in [0.2, 0.25) is 0 Å². The summed E-state index contributed by atoms with van der Waals surface area (Å²) in [5, 5.41) is 0. The van der Waals surface area contributed by atoms with E-state index >= 15 is 0 Å². The number of benzene rings is 2. The Morgan fingerprint density at radius 2 is 1.50 bits per heavy atom. The van der Waals surface area contributed by atoms with Crippen molar-refractivity contribution in [2.75, 3.05) is 0 Å². The van der Waals surface area contributed by atoms with E-state index in [1.807, 2.05) is 66.7 Å². The SMILES string of the molecule is CC(=O)C(C(C=O)=Cc1ccccc1)(c1ccccc1)C1CCCCC1. The van der Waals surface area contributed by atoms with Crippen molar-refractivity contribution in [3.8, 4) is 0 Å². The monoisotopic (exact) mass is 346 g/mol. The van der Waals surface area contributed by atoms with Crippen LogP contribution in [0.25, 0.3) is 6.08 Å². The smallest absolute Gasteiger partial charge is 0.147 e. The maximum absolute atomic E-state index is 13.2. The Morgan fingerprint density at radius 1 is 0.923 bits per heavy atom. The average Bonchev–Trinajstić information content (AvgIpc) is 2.70. The summed E-state index contributed by atoms with van der Waals surface area (Å²) in [6.45, 7) is 1.64. The lowest BCUT2D eigenvalue weighted by Gasteiger charge is -2.42. The second-order valence-electron chi connectivity index (χ2n) is 7.19. The van der Waals surface area contributed by atoms with Crippen molar-refractivity contribution in [1.29, 1.82) is 0 Å². The van der Waals surface area contributed by atoms with Gasteiger partial charge in [-0.1, -0.05) is 79.9 Å². The van der Waals surface area contributed by atoms with E-state index in [-0.39, 0.29) is 11.7 Å². The first-order valence-electron chi connectivity index (χ1n) is 9.48. The highest BCUT2D eigenvalue weighted by atomic mass is 16.1. The van der Waals surface area contributed by atoms with Gasteiger partial charge in [0.15, 0.2) is 0 Å². The third-order valence-electron chi connectivity index (χ3n) is 5.71. The van der Waals surface area contributed by atoms with Crippen LogP contribution in [-0.2, 0) is 15.0 Å². The van der Waals surface area contributed by atoms with Crippen molar-refractivity contribution >= 4 is 18.1 Å². The molecule has 0 aromatic heterocycles. The van der Waals surface area contributed by atoms with Crippen molar-refractivity contribution in [2.24, 2.45) is 5.92 Å². The molecule has 0 saturated heterocycles. The number of ketones is 1. The van der Waals surface area contributed by atoms with Gasteiger partial charge in [-0.25, -0.2) is 0 Å². The molecule has 2 nitrogen and oxygen atoms in total. The Labute approximate surface area is 155 Å². The van der Waals surface area contributed by atoms with E-state index in [1.165, 1.54) is 6.42 Å². The van der Waals surface area contributed by atoms with Crippen molar-refractivity contribution in [3.63, 3.8) is 0 Å². The molecule has 2 aromatic rings. The molecule has 26 heavy (non-hydrogen) atoms. The maximum Gasteiger partial charge on any atom is 0.147 e. The lowest BCUT2D eigenvalue weighted by molar-refractivity contribution is -0.124. The summed E-state index contributed by atoms with van der Waals surface area (Å²) in [7, 11) is 0. The largest absolute Gasteiger partial charge is 0.299 e. The molecule has 0 aliphatic heterocycles. The summed E-state index contributed by atoms with van der Waals surface area (Å²) in [5.41, 5.74) is 1.61. The van der Waals surface area contributed by atoms with Crippen LogP contribution in [0.3, 0.4) is 0 Å². The van der Waals surface area contributed by atoms with Crippen LogP contribution in [-0.4, -0.2) is 12.1 Å². The van der Waals surface area contributed by atoms with Crippen LogP contribution in [0.2, 0.25) is 0 Å². The summed E-state index contributed by atoms with van der Waals surface area (Å²) in [4.78, 5) is 25.4. The summed E-state index contributed by atoms with van der Waals surface area (Å²) in [6.07, 6.45) is 8.20. The van der Waals surface area contributed by atoms with E-state index < -0.39 is 5.41 Å². The Kier molecular flexibility index (Phi) is 5.82. The number of allylic oxidation sites excluding steroid dienone is 1. The van der Waals surface area contributed by atoms with Crippen LogP contribution in [0.15, 0.2) is 66.2 Å². The van der Waals surface area contributed by atoms with Crippen molar-refractivity contribution in [2.45, 2.75) is 44.4 Å². The fourth-order valence-electron chi connectivity index (χ4n) is 4.54. The Bertz CT molecular complexity index is 770. The fourth-order valence-corrected chi connectivity index (χ4v) is 4.54. The third kappa shape index (κ3) is 3.41. The molecule has 3 rings (SSSR count). The standard InChI is InChI=1S/C24H26O2/c1-19(26)24(21-13-7-3-8-14-21,22-15-9-4-10-16-22)23(18-25)17-20-11-5-2-6-12-20/h2-3,5-8,11-14,17-18,22H,4,9-10,15-16H2,1H3. The van der Waals surface area contributed by atoms with Gasteiger partial charge in [0, 0.05) is 5.57 Å². The van der Waals surface area contributed by atoms with Gasteiger partial charge in [0.25, 0.3) is 0 Å². The second kappa shape index (κ2) is 8.27. The van der Waals surface area contributed by atoms with E-state index in [0.29, 0.717) is 5.57 Å². The van der Waals surface area contributed by atoms with Gasteiger partial charge in [0.1, 0.15) is 12.1 Å². The van der Waals surface area contributed by atoms with Gasteiger partial charge in [-0.2, -0.15) is 0 Å². The number of carbonyl (C=O) groups excluding carboxylic acids is 2. The van der Waals surface area contributed by atoms with Crippen LogP contribution in [0, 0.1) is 5.92 Å². The molecule has 0 amide bonds. The molecule has 0 radical (unpaired) electrons. The molecule has 1 atom stereocenters. The van der Waals surface area contributed by atoms with E-state index in [9.17, 15) is 9.59 Å². The van der Waals surface area contributed by atoms with Crippen LogP contribution in [0.5, 0.6) is 0 Å². The number of hydrogen-bond donors (Lipinski definition) is 0. The summed E-state index contributed by atoms with van der Waals surface area (Å²) in [6, 6.07) is 19.7. The Morgan fingerprint density at radius 3 is 2.04 bits per heavy atom. The molecule has 0 spiro atoms. The Hall–Kier alpha value is -2.48. The molecule has 0 N–H and O–H groups in total. The van der Waals surface area contributed by atoms with Crippen LogP contribution < -0.4 is 0 Å². The molecule has 2 heteroatoms. The van der Waals surface area contributed by atoms with Crippen molar-refractivity contribution < 1.29 is 9.59 Å². The number of carbonyl (C=O) groups is 2. The van der Waals surface area contributed by atoms with Gasteiger partial charge < -0.3 is 0 Å². The molecule has 0 bridgehead atoms. The first-order chi connectivity index (χ1) is 12.7. The van der Waals surface area contributed by atoms with Crippen molar-refractivity contribution in [3.05, 3.63) is 77.4 Å². The molecule has 1 fully saturated rings. The van der Waals surface area contributed by atoms with Gasteiger partial charge in [-0.15, -0.1) is 0 Å². The average molecular weight is 346 g/mol. The topological polar surface area (TPSA) is 34.1 Å². The van der Waals surface area contributed by atoms with E-state index in [0.717, 1.165) is 43.1 Å². The molecule has 1 aliphatic carbocycles. The minimum Gasteiger partial charge on any atom is -0.299 e. The van der Waals surface area contributed by atoms with Crippen LogP contribution >= 0.6 is 0 Å². The molecule has 1 unspecified atom stereocenters. The number of rotatable bonds is 6. The predicted molar refractivity (Wildman–Crippen MR) is 106 cm³/mol. The van der Waals surface area contributed by atoms with Gasteiger partial charge in [-0.3, -0.25) is 9.59 Å². The first-order valence-corrected chi connectivity index (χ1v) is 9.48. The van der Waals surface area contributed by atoms with E-state index in [2.05, 4.69) is 0 Å². The minimum absolute atomic E-state index is 0.0601. The molecular weight excluding hydrogens is 320 g/mol. The second-order valence-corrected chi connectivity index (χ2v) is 7.19. The van der Waals surface area contributed by atoms with E-state index in [1.54, 1.807) is 6.92 Å². The number of aldehydes is 1. The lowest BCUT2D eigenvalue weighted by Crippen LogP contribution is -2.45. The molecule has 1 aliphatic rings. The highest BCUT2D eigenvalue weighted by Gasteiger charge is 2.47. The fraction of sp³-hybridized carbons (Fsp3) is 0.333. The first kappa shape index (κ1) is 18.3. The zero-order valence-electron chi connectivity index (χ0n) is 15.4. The quantitative estimate of drug-likeness (QED) is 0.520. The zero-order valence-corrected chi connectivity index (χ0v) is 15.4. The van der Waals surface area contributed by atoms with Gasteiger partial charge in [0.05, 0.1) is 5.41 Å². The van der Waals surface area contributed by atoms with Crippen LogP contribution in [0.1, 0.15) is 50.2 Å². The normalized spacial score (nSPS) is 18.1. The third-order valence-corrected chi connectivity index (χ3v) is 5.71. The summed E-state index contributed by atoms with van der Waals surface area (Å²) in [5.74, 6) is 0.223. The molecule has 1 saturated carbocycles. The molecular formula is C24H26O2. The summed E-state index contributed by atoms with van der Waals surface area (Å²) >= 11 is 0. The highest BCUT2D eigenvalue weighted by molar-refractivity contribution is 6.02. The maximum atomic E-state index is 13.2. The van der Waals surface area contributed by atoms with E-state index in [4.69, 9.17) is 0 Å².